The Balaban J connectivity index is 1.68. The Morgan fingerprint density at radius 1 is 1.45 bits per heavy atom. The summed E-state index contributed by atoms with van der Waals surface area (Å²) in [5.41, 5.74) is 0.473. The van der Waals surface area contributed by atoms with Gasteiger partial charge in [0, 0.05) is 38.6 Å². The van der Waals surface area contributed by atoms with Crippen LogP contribution in [0.25, 0.3) is 0 Å². The summed E-state index contributed by atoms with van der Waals surface area (Å²) in [4.78, 5) is 7.11. The molecular formula is C16H28N4. The summed E-state index contributed by atoms with van der Waals surface area (Å²) < 4.78 is 2.30. The van der Waals surface area contributed by atoms with E-state index in [-0.39, 0.29) is 0 Å². The maximum atomic E-state index is 4.49. The van der Waals surface area contributed by atoms with Gasteiger partial charge in [-0.1, -0.05) is 19.8 Å². The highest BCUT2D eigenvalue weighted by atomic mass is 15.2. The molecule has 20 heavy (non-hydrogen) atoms. The van der Waals surface area contributed by atoms with Crippen LogP contribution in [0.4, 0.5) is 0 Å². The molecule has 112 valence electrons. The molecule has 2 heterocycles. The average Bonchev–Trinajstić information content (AvgIpc) is 2.86. The van der Waals surface area contributed by atoms with Gasteiger partial charge >= 0.3 is 0 Å². The summed E-state index contributed by atoms with van der Waals surface area (Å²) in [6.07, 6.45) is 9.60. The van der Waals surface area contributed by atoms with E-state index < -0.39 is 0 Å². The van der Waals surface area contributed by atoms with Crippen LogP contribution in [-0.4, -0.2) is 41.1 Å². The van der Waals surface area contributed by atoms with Gasteiger partial charge < -0.3 is 9.88 Å². The summed E-state index contributed by atoms with van der Waals surface area (Å²) in [5, 5.41) is 3.46. The Bertz CT molecular complexity index is 437. The molecular weight excluding hydrogens is 248 g/mol. The largest absolute Gasteiger partial charge is 0.333 e. The van der Waals surface area contributed by atoms with Crippen molar-refractivity contribution in [2.45, 2.75) is 45.7 Å². The number of nitrogens with one attached hydrogen (secondary N) is 1. The third kappa shape index (κ3) is 2.91. The highest BCUT2D eigenvalue weighted by Crippen LogP contribution is 2.40. The Hall–Kier alpha value is -0.870. The maximum Gasteiger partial charge on any atom is 0.122 e. The van der Waals surface area contributed by atoms with Crippen molar-refractivity contribution in [1.82, 2.24) is 19.8 Å². The number of nitrogens with zero attached hydrogens (tertiary/aromatic N) is 3. The minimum absolute atomic E-state index is 0.473. The van der Waals surface area contributed by atoms with E-state index >= 15 is 0 Å². The monoisotopic (exact) mass is 276 g/mol. The number of fused-ring (bicyclic) bond motifs is 1. The number of rotatable bonds is 4. The van der Waals surface area contributed by atoms with E-state index in [0.29, 0.717) is 5.41 Å². The van der Waals surface area contributed by atoms with Crippen LogP contribution in [0, 0.1) is 11.3 Å². The highest BCUT2D eigenvalue weighted by Gasteiger charge is 2.36. The second-order valence-corrected chi connectivity index (χ2v) is 6.98. The first-order valence-electron chi connectivity index (χ1n) is 8.08. The molecule has 0 radical (unpaired) electrons. The van der Waals surface area contributed by atoms with Crippen LogP contribution in [0.5, 0.6) is 0 Å². The highest BCUT2D eigenvalue weighted by molar-refractivity contribution is 4.97. The van der Waals surface area contributed by atoms with Gasteiger partial charge in [-0.15, -0.1) is 0 Å². The molecule has 1 aliphatic heterocycles. The predicted molar refractivity (Wildman–Crippen MR) is 81.5 cm³/mol. The van der Waals surface area contributed by atoms with Crippen LogP contribution >= 0.6 is 0 Å². The molecule has 0 aromatic carbocycles. The molecule has 1 fully saturated rings. The second kappa shape index (κ2) is 5.86. The van der Waals surface area contributed by atoms with Gasteiger partial charge in [0.25, 0.3) is 0 Å². The molecule has 3 rings (SSSR count). The Morgan fingerprint density at radius 2 is 2.35 bits per heavy atom. The fraction of sp³-hybridized carbons (Fsp3) is 0.812. The minimum Gasteiger partial charge on any atom is -0.333 e. The molecule has 1 aromatic heterocycles. The molecule has 2 unspecified atom stereocenters. The van der Waals surface area contributed by atoms with Gasteiger partial charge in [-0.3, -0.25) is 4.90 Å². The van der Waals surface area contributed by atoms with Crippen LogP contribution in [-0.2, 0) is 13.1 Å². The molecule has 4 nitrogen and oxygen atoms in total. The molecule has 2 aliphatic rings. The van der Waals surface area contributed by atoms with Crippen LogP contribution in [0.2, 0.25) is 0 Å². The third-order valence-corrected chi connectivity index (χ3v) is 5.12. The van der Waals surface area contributed by atoms with E-state index in [1.54, 1.807) is 0 Å². The van der Waals surface area contributed by atoms with E-state index in [1.807, 2.05) is 6.20 Å². The summed E-state index contributed by atoms with van der Waals surface area (Å²) in [6.45, 7) is 8.09. The SMILES string of the molecule is CNCC1(CN2CCn3ccnc3C2)CCCC(C)C1. The second-order valence-electron chi connectivity index (χ2n) is 6.98. The van der Waals surface area contributed by atoms with Gasteiger partial charge in [0.2, 0.25) is 0 Å². The molecule has 0 spiro atoms. The Kier molecular flexibility index (Phi) is 4.13. The van der Waals surface area contributed by atoms with Gasteiger partial charge in [-0.05, 0) is 31.2 Å². The van der Waals surface area contributed by atoms with Gasteiger partial charge in [-0.2, -0.15) is 0 Å². The van der Waals surface area contributed by atoms with E-state index in [2.05, 4.69) is 39.9 Å². The van der Waals surface area contributed by atoms with Crippen molar-refractivity contribution in [1.29, 1.82) is 0 Å². The van der Waals surface area contributed by atoms with Gasteiger partial charge in [0.05, 0.1) is 6.54 Å². The van der Waals surface area contributed by atoms with Crippen LogP contribution in [0.3, 0.4) is 0 Å². The fourth-order valence-corrected chi connectivity index (χ4v) is 4.34. The van der Waals surface area contributed by atoms with E-state index in [0.717, 1.165) is 25.6 Å². The molecule has 1 N–H and O–H groups in total. The first kappa shape index (κ1) is 14.1. The lowest BCUT2D eigenvalue weighted by Crippen LogP contribution is -2.48. The Morgan fingerprint density at radius 3 is 3.15 bits per heavy atom. The van der Waals surface area contributed by atoms with E-state index in [9.17, 15) is 0 Å². The van der Waals surface area contributed by atoms with Gasteiger partial charge in [-0.25, -0.2) is 4.98 Å². The van der Waals surface area contributed by atoms with E-state index in [4.69, 9.17) is 0 Å². The summed E-state index contributed by atoms with van der Waals surface area (Å²) in [6, 6.07) is 0. The summed E-state index contributed by atoms with van der Waals surface area (Å²) >= 11 is 0. The van der Waals surface area contributed by atoms with Crippen molar-refractivity contribution in [3.05, 3.63) is 18.2 Å². The van der Waals surface area contributed by atoms with Crippen LogP contribution in [0.15, 0.2) is 12.4 Å². The van der Waals surface area contributed by atoms with Crippen molar-refractivity contribution < 1.29 is 0 Å². The molecule has 1 aliphatic carbocycles. The van der Waals surface area contributed by atoms with Gasteiger partial charge in [0.1, 0.15) is 5.82 Å². The topological polar surface area (TPSA) is 33.1 Å². The van der Waals surface area contributed by atoms with Gasteiger partial charge in [0.15, 0.2) is 0 Å². The molecule has 1 aromatic rings. The molecule has 4 heteroatoms. The van der Waals surface area contributed by atoms with Crippen molar-refractivity contribution in [3.63, 3.8) is 0 Å². The summed E-state index contributed by atoms with van der Waals surface area (Å²) in [7, 11) is 2.10. The van der Waals surface area contributed by atoms with Crippen molar-refractivity contribution in [2.24, 2.45) is 11.3 Å². The molecule has 0 saturated heterocycles. The average molecular weight is 276 g/mol. The quantitative estimate of drug-likeness (QED) is 0.914. The lowest BCUT2D eigenvalue weighted by Gasteiger charge is -2.44. The first-order chi connectivity index (χ1) is 9.71. The van der Waals surface area contributed by atoms with Crippen molar-refractivity contribution in [2.75, 3.05) is 26.7 Å². The molecule has 0 bridgehead atoms. The van der Waals surface area contributed by atoms with E-state index in [1.165, 1.54) is 44.6 Å². The zero-order valence-corrected chi connectivity index (χ0v) is 12.9. The number of hydrogen-bond donors (Lipinski definition) is 1. The smallest absolute Gasteiger partial charge is 0.122 e. The first-order valence-corrected chi connectivity index (χ1v) is 8.08. The minimum atomic E-state index is 0.473. The zero-order valence-electron chi connectivity index (χ0n) is 12.9. The molecule has 1 saturated carbocycles. The van der Waals surface area contributed by atoms with Crippen molar-refractivity contribution >= 4 is 0 Å². The zero-order chi connectivity index (χ0) is 14.0. The normalized spacial score (nSPS) is 31.2. The predicted octanol–water partition coefficient (Wildman–Crippen LogP) is 2.11. The maximum absolute atomic E-state index is 4.49. The lowest BCUT2D eigenvalue weighted by molar-refractivity contribution is 0.0674. The third-order valence-electron chi connectivity index (χ3n) is 5.12. The van der Waals surface area contributed by atoms with Crippen LogP contribution in [0.1, 0.15) is 38.4 Å². The number of imidazole rings is 1. The number of hydrogen-bond acceptors (Lipinski definition) is 3. The summed E-state index contributed by atoms with van der Waals surface area (Å²) in [5.74, 6) is 2.11. The molecule has 2 atom stereocenters. The van der Waals surface area contributed by atoms with Crippen molar-refractivity contribution in [3.8, 4) is 0 Å². The lowest BCUT2D eigenvalue weighted by atomic mass is 9.69. The molecule has 0 amide bonds. The fourth-order valence-electron chi connectivity index (χ4n) is 4.34. The number of aromatic nitrogens is 2. The standard InChI is InChI=1S/C16H28N4/c1-14-4-3-5-16(10-14,12-17-2)13-19-8-9-20-7-6-18-15(20)11-19/h6-7,14,17H,3-5,8-13H2,1-2H3. The van der Waals surface area contributed by atoms with Crippen LogP contribution < -0.4 is 5.32 Å². The Labute approximate surface area is 122 Å².